The van der Waals surface area contributed by atoms with Crippen LogP contribution < -0.4 is 11.2 Å². The van der Waals surface area contributed by atoms with Gasteiger partial charge >= 0.3 is 13.4 Å². The minimum Gasteiger partial charge on any atom is -0.348 e. The van der Waals surface area contributed by atoms with E-state index >= 15 is 0 Å². The van der Waals surface area contributed by atoms with E-state index in [-0.39, 0.29) is 13.1 Å². The maximum absolute atomic E-state index is 13.6. The zero-order valence-electron chi connectivity index (χ0n) is 30.1. The lowest BCUT2D eigenvalue weighted by Gasteiger charge is -2.51. The van der Waals surface area contributed by atoms with E-state index in [4.69, 9.17) is 25.9 Å². The second-order valence-electron chi connectivity index (χ2n) is 14.7. The number of benzene rings is 3. The molecule has 4 heterocycles. The standard InChI is InChI=1S/C39H47ClN5O7P/c1-29-26-44(38(47)41-37(29)46)35-28-42(39(30-14-6-3-7-15-30,31-16-8-4-9-17-31)32-18-10-5-11-19-32)27-34(50-35)36(40)51-52-53(48,49)43-22-20-33(21-23-43)45(2)24-12-13-25-45/h3-11,14-19,26,33-36H,12-13,20-25,27-28H2,1-2H3,(H-,41,46,47,48,49)/p+1. The monoisotopic (exact) mass is 764 g/mol. The van der Waals surface area contributed by atoms with E-state index in [1.54, 1.807) is 6.92 Å². The van der Waals surface area contributed by atoms with Crippen LogP contribution in [-0.2, 0) is 24.4 Å². The van der Waals surface area contributed by atoms with E-state index in [9.17, 15) is 19.0 Å². The van der Waals surface area contributed by atoms with Crippen LogP contribution in [0, 0.1) is 6.92 Å². The first-order valence-corrected chi connectivity index (χ1v) is 20.3. The molecule has 4 unspecified atom stereocenters. The van der Waals surface area contributed by atoms with Gasteiger partial charge in [-0.2, -0.15) is 0 Å². The SMILES string of the molecule is Cc1cn(C2CN(C(c3ccccc3)(c3ccccc3)c3ccccc3)CC(C(Cl)OOP(=O)(O)N3CCC([N+]4(C)CCCC4)CC3)O2)c(=O)[nH]c1=O. The Kier molecular flexibility index (Phi) is 11.3. The lowest BCUT2D eigenvalue weighted by molar-refractivity contribution is -0.923. The highest BCUT2D eigenvalue weighted by Gasteiger charge is 2.49. The number of hydrogen-bond acceptors (Lipinski definition) is 7. The van der Waals surface area contributed by atoms with Crippen molar-refractivity contribution in [3.05, 3.63) is 140 Å². The number of nitrogens with zero attached hydrogens (tertiary/aromatic N) is 4. The summed E-state index contributed by atoms with van der Waals surface area (Å²) in [6.45, 7) is 5.06. The first-order valence-electron chi connectivity index (χ1n) is 18.3. The van der Waals surface area contributed by atoms with Crippen molar-refractivity contribution in [1.82, 2.24) is 19.1 Å². The lowest BCUT2D eigenvalue weighted by atomic mass is 9.75. The summed E-state index contributed by atoms with van der Waals surface area (Å²) in [5.74, 6) is 0. The quantitative estimate of drug-likeness (QED) is 0.0519. The highest BCUT2D eigenvalue weighted by molar-refractivity contribution is 7.50. The fraction of sp³-hybridized carbons (Fsp3) is 0.436. The second kappa shape index (κ2) is 15.7. The van der Waals surface area contributed by atoms with Crippen LogP contribution in [0.4, 0.5) is 0 Å². The van der Waals surface area contributed by atoms with Crippen molar-refractivity contribution in [3.63, 3.8) is 0 Å². The largest absolute Gasteiger partial charge is 0.432 e. The van der Waals surface area contributed by atoms with Gasteiger partial charge in [0.05, 0.1) is 31.7 Å². The zero-order valence-corrected chi connectivity index (χ0v) is 31.8. The summed E-state index contributed by atoms with van der Waals surface area (Å²) in [4.78, 5) is 47.0. The molecule has 0 amide bonds. The van der Waals surface area contributed by atoms with Gasteiger partial charge in [-0.05, 0) is 23.6 Å². The Hall–Kier alpha value is -3.42. The third kappa shape index (κ3) is 7.62. The summed E-state index contributed by atoms with van der Waals surface area (Å²) < 4.78 is 29.2. The Morgan fingerprint density at radius 1 is 0.906 bits per heavy atom. The van der Waals surface area contributed by atoms with Crippen molar-refractivity contribution in [2.75, 3.05) is 46.3 Å². The fourth-order valence-electron chi connectivity index (χ4n) is 8.58. The number of aromatic nitrogens is 2. The smallest absolute Gasteiger partial charge is 0.348 e. The molecule has 53 heavy (non-hydrogen) atoms. The van der Waals surface area contributed by atoms with E-state index in [0.717, 1.165) is 47.1 Å². The molecule has 0 saturated carbocycles. The van der Waals surface area contributed by atoms with Crippen LogP contribution in [0.15, 0.2) is 107 Å². The molecule has 2 N–H and O–H groups in total. The first kappa shape index (κ1) is 37.9. The molecule has 0 spiro atoms. The third-order valence-electron chi connectivity index (χ3n) is 11.4. The molecule has 4 aromatic rings. The maximum atomic E-state index is 13.6. The number of piperidine rings is 1. The molecule has 0 radical (unpaired) electrons. The third-order valence-corrected chi connectivity index (χ3v) is 13.2. The summed E-state index contributed by atoms with van der Waals surface area (Å²) in [5, 5.41) is 0. The number of hydrogen-bond donors (Lipinski definition) is 2. The lowest BCUT2D eigenvalue weighted by Crippen LogP contribution is -2.59. The van der Waals surface area contributed by atoms with Crippen molar-refractivity contribution in [1.29, 1.82) is 0 Å². The normalized spacial score (nSPS) is 23.4. The molecular formula is C39H48ClN5O7P+. The van der Waals surface area contributed by atoms with E-state index < -0.39 is 42.4 Å². The van der Waals surface area contributed by atoms with E-state index in [1.165, 1.54) is 28.3 Å². The number of alkyl halides is 1. The topological polar surface area (TPSA) is 126 Å². The maximum Gasteiger partial charge on any atom is 0.432 e. The number of likely N-dealkylation sites (tertiary alicyclic amines) is 1. The van der Waals surface area contributed by atoms with Gasteiger partial charge in [-0.25, -0.2) is 18.9 Å². The van der Waals surface area contributed by atoms with Crippen molar-refractivity contribution >= 4 is 19.3 Å². The Morgan fingerprint density at radius 2 is 1.43 bits per heavy atom. The van der Waals surface area contributed by atoms with Crippen molar-refractivity contribution in [3.8, 4) is 0 Å². The van der Waals surface area contributed by atoms with Gasteiger partial charge in [0, 0.05) is 63.6 Å². The predicted octanol–water partition coefficient (Wildman–Crippen LogP) is 5.35. The number of halogens is 1. The molecule has 14 heteroatoms. The molecule has 4 atom stereocenters. The number of aryl methyl sites for hydroxylation is 1. The van der Waals surface area contributed by atoms with E-state index in [2.05, 4.69) is 53.3 Å². The first-order chi connectivity index (χ1) is 25.5. The Bertz CT molecular complexity index is 1910. The number of rotatable bonds is 11. The molecule has 1 aromatic heterocycles. The molecular weight excluding hydrogens is 717 g/mol. The minimum absolute atomic E-state index is 0.168. The van der Waals surface area contributed by atoms with Crippen LogP contribution in [0.1, 0.15) is 54.2 Å². The summed E-state index contributed by atoms with van der Waals surface area (Å²) in [7, 11) is -2.10. The van der Waals surface area contributed by atoms with E-state index in [1.807, 2.05) is 54.6 Å². The summed E-state index contributed by atoms with van der Waals surface area (Å²) in [5.41, 5.74) is -0.230. The van der Waals surface area contributed by atoms with Gasteiger partial charge in [-0.3, -0.25) is 19.2 Å². The van der Waals surface area contributed by atoms with Gasteiger partial charge < -0.3 is 14.1 Å². The molecule has 3 aliphatic rings. The van der Waals surface area contributed by atoms with Gasteiger partial charge in [-0.1, -0.05) is 103 Å². The molecule has 282 valence electrons. The van der Waals surface area contributed by atoms with Crippen LogP contribution in [0.5, 0.6) is 0 Å². The van der Waals surface area contributed by atoms with Crippen LogP contribution in [0.2, 0.25) is 0 Å². The van der Waals surface area contributed by atoms with E-state index in [0.29, 0.717) is 24.7 Å². The van der Waals surface area contributed by atoms with Gasteiger partial charge in [-0.15, -0.1) is 4.67 Å². The summed E-state index contributed by atoms with van der Waals surface area (Å²) in [6.07, 6.45) is 3.53. The molecule has 3 aromatic carbocycles. The predicted molar refractivity (Wildman–Crippen MR) is 202 cm³/mol. The van der Waals surface area contributed by atoms with Crippen LogP contribution >= 0.6 is 19.3 Å². The Labute approximate surface area is 314 Å². The highest BCUT2D eigenvalue weighted by atomic mass is 35.5. The highest BCUT2D eigenvalue weighted by Crippen LogP contribution is 2.50. The molecule has 12 nitrogen and oxygen atoms in total. The number of nitrogens with one attached hydrogen (secondary N) is 1. The Balaban J connectivity index is 1.22. The van der Waals surface area contributed by atoms with Crippen molar-refractivity contribution in [2.24, 2.45) is 0 Å². The zero-order chi connectivity index (χ0) is 37.2. The van der Waals surface area contributed by atoms with Gasteiger partial charge in [0.15, 0.2) is 11.8 Å². The number of quaternary nitrogens is 1. The average Bonchev–Trinajstić information content (AvgIpc) is 3.64. The molecule has 3 aliphatic heterocycles. The molecule has 3 fully saturated rings. The van der Waals surface area contributed by atoms with Gasteiger partial charge in [0.25, 0.3) is 5.56 Å². The molecule has 3 saturated heterocycles. The number of H-pyrrole nitrogens is 1. The number of aromatic amines is 1. The van der Waals surface area contributed by atoms with Crippen LogP contribution in [0.3, 0.4) is 0 Å². The van der Waals surface area contributed by atoms with Crippen LogP contribution in [0.25, 0.3) is 0 Å². The van der Waals surface area contributed by atoms with Crippen LogP contribution in [-0.4, -0.2) is 92.5 Å². The number of ether oxygens (including phenoxy) is 1. The molecule has 0 bridgehead atoms. The minimum atomic E-state index is -4.38. The van der Waals surface area contributed by atoms with Gasteiger partial charge in [0.2, 0.25) is 0 Å². The fourth-order valence-corrected chi connectivity index (χ4v) is 9.85. The summed E-state index contributed by atoms with van der Waals surface area (Å²) in [6, 6.07) is 30.6. The van der Waals surface area contributed by atoms with Crippen molar-refractivity contribution in [2.45, 2.75) is 62.1 Å². The Morgan fingerprint density at radius 3 is 1.96 bits per heavy atom. The summed E-state index contributed by atoms with van der Waals surface area (Å²) >= 11 is 6.94. The average molecular weight is 765 g/mol. The van der Waals surface area contributed by atoms with Crippen molar-refractivity contribution < 1.29 is 28.2 Å². The molecule has 7 rings (SSSR count). The number of morpholine rings is 1. The second-order valence-corrected chi connectivity index (χ2v) is 16.8. The molecule has 0 aliphatic carbocycles. The van der Waals surface area contributed by atoms with Gasteiger partial charge in [0.1, 0.15) is 6.10 Å².